The van der Waals surface area contributed by atoms with Crippen molar-refractivity contribution in [1.29, 1.82) is 0 Å². The Morgan fingerprint density at radius 3 is 2.35 bits per heavy atom. The number of benzene rings is 1. The van der Waals surface area contributed by atoms with Crippen LogP contribution in [0.1, 0.15) is 29.0 Å². The predicted molar refractivity (Wildman–Crippen MR) is 77.6 cm³/mol. The largest absolute Gasteiger partial charge is 0.440 e. The molecule has 2 rings (SSSR count). The number of aryl methyl sites for hydroxylation is 2. The summed E-state index contributed by atoms with van der Waals surface area (Å²) in [7, 11) is 0. The minimum Gasteiger partial charge on any atom is -0.440 e. The van der Waals surface area contributed by atoms with E-state index < -0.39 is 11.0 Å². The van der Waals surface area contributed by atoms with Crippen molar-refractivity contribution in [3.8, 4) is 10.8 Å². The van der Waals surface area contributed by atoms with E-state index in [9.17, 15) is 15.2 Å². The maximum Gasteiger partial charge on any atom is 0.323 e. The molecular weight excluding hydrogens is 278 g/mol. The zero-order valence-corrected chi connectivity index (χ0v) is 12.2. The SMILES string of the molecule is Cc1cc(C)cc(Oc2sc([C@H](C)O)cc2[N+](=O)[O-])c1. The Hall–Kier alpha value is -1.92. The minimum atomic E-state index is -0.754. The number of ether oxygens (including phenoxy) is 1. The molecule has 0 saturated carbocycles. The van der Waals surface area contributed by atoms with E-state index in [1.807, 2.05) is 32.0 Å². The Balaban J connectivity index is 2.39. The van der Waals surface area contributed by atoms with Crippen LogP contribution in [0.2, 0.25) is 0 Å². The molecule has 1 aromatic heterocycles. The topological polar surface area (TPSA) is 72.6 Å². The summed E-state index contributed by atoms with van der Waals surface area (Å²) in [6.07, 6.45) is -0.754. The predicted octanol–water partition coefficient (Wildman–Crippen LogP) is 4.12. The van der Waals surface area contributed by atoms with E-state index in [1.165, 1.54) is 6.07 Å². The first-order valence-electron chi connectivity index (χ1n) is 6.09. The van der Waals surface area contributed by atoms with E-state index in [4.69, 9.17) is 4.74 Å². The molecule has 2 aromatic rings. The van der Waals surface area contributed by atoms with Crippen LogP contribution in [0.4, 0.5) is 5.69 Å². The molecule has 1 aromatic carbocycles. The molecule has 0 aliphatic rings. The summed E-state index contributed by atoms with van der Waals surface area (Å²) in [5.74, 6) is 0.560. The van der Waals surface area contributed by atoms with Crippen molar-refractivity contribution in [1.82, 2.24) is 0 Å². The van der Waals surface area contributed by atoms with Crippen molar-refractivity contribution in [2.24, 2.45) is 0 Å². The smallest absolute Gasteiger partial charge is 0.323 e. The quantitative estimate of drug-likeness (QED) is 0.680. The van der Waals surface area contributed by atoms with E-state index in [2.05, 4.69) is 0 Å². The normalized spacial score (nSPS) is 12.2. The average molecular weight is 293 g/mol. The van der Waals surface area contributed by atoms with Gasteiger partial charge in [-0.15, -0.1) is 0 Å². The molecule has 0 aliphatic carbocycles. The highest BCUT2D eigenvalue weighted by Crippen LogP contribution is 2.42. The van der Waals surface area contributed by atoms with Gasteiger partial charge in [0, 0.05) is 10.9 Å². The summed E-state index contributed by atoms with van der Waals surface area (Å²) in [4.78, 5) is 11.0. The van der Waals surface area contributed by atoms with E-state index >= 15 is 0 Å². The second kappa shape index (κ2) is 5.60. The lowest BCUT2D eigenvalue weighted by molar-refractivity contribution is -0.385. The fraction of sp³-hybridized carbons (Fsp3) is 0.286. The molecule has 106 valence electrons. The molecule has 0 amide bonds. The second-order valence-electron chi connectivity index (χ2n) is 4.68. The number of nitrogens with zero attached hydrogens (tertiary/aromatic N) is 1. The zero-order valence-electron chi connectivity index (χ0n) is 11.4. The first kappa shape index (κ1) is 14.5. The molecule has 1 heterocycles. The first-order valence-corrected chi connectivity index (χ1v) is 6.91. The summed E-state index contributed by atoms with van der Waals surface area (Å²) in [6, 6.07) is 6.99. The van der Waals surface area contributed by atoms with Crippen LogP contribution in [0.5, 0.6) is 10.8 Å². The van der Waals surface area contributed by atoms with Crippen molar-refractivity contribution < 1.29 is 14.8 Å². The van der Waals surface area contributed by atoms with Crippen LogP contribution in [0, 0.1) is 24.0 Å². The monoisotopic (exact) mass is 293 g/mol. The number of aliphatic hydroxyl groups is 1. The molecule has 0 aliphatic heterocycles. The standard InChI is InChI=1S/C14H15NO4S/c1-8-4-9(2)6-11(5-8)19-14-12(15(17)18)7-13(20-14)10(3)16/h4-7,10,16H,1-3H3/t10-/m0/s1. The van der Waals surface area contributed by atoms with Crippen molar-refractivity contribution in [3.05, 3.63) is 50.4 Å². The van der Waals surface area contributed by atoms with Gasteiger partial charge in [-0.05, 0) is 44.0 Å². The fourth-order valence-corrected chi connectivity index (χ4v) is 2.82. The molecule has 0 saturated heterocycles. The van der Waals surface area contributed by atoms with Crippen LogP contribution in [0.15, 0.2) is 24.3 Å². The summed E-state index contributed by atoms with van der Waals surface area (Å²) >= 11 is 1.09. The lowest BCUT2D eigenvalue weighted by Gasteiger charge is -2.05. The number of hydrogen-bond acceptors (Lipinski definition) is 5. The molecule has 6 heteroatoms. The van der Waals surface area contributed by atoms with Crippen LogP contribution < -0.4 is 4.74 Å². The number of rotatable bonds is 4. The molecule has 0 unspecified atom stereocenters. The molecule has 0 spiro atoms. The molecule has 0 bridgehead atoms. The van der Waals surface area contributed by atoms with E-state index in [-0.39, 0.29) is 10.8 Å². The second-order valence-corrected chi connectivity index (χ2v) is 5.73. The van der Waals surface area contributed by atoms with Gasteiger partial charge in [0.05, 0.1) is 11.0 Å². The van der Waals surface area contributed by atoms with Gasteiger partial charge in [0.15, 0.2) is 0 Å². The molecule has 0 radical (unpaired) electrons. The minimum absolute atomic E-state index is 0.120. The van der Waals surface area contributed by atoms with Crippen molar-refractivity contribution in [2.45, 2.75) is 26.9 Å². The van der Waals surface area contributed by atoms with Gasteiger partial charge in [-0.2, -0.15) is 0 Å². The summed E-state index contributed by atoms with van der Waals surface area (Å²) in [5.41, 5.74) is 1.93. The fourth-order valence-electron chi connectivity index (χ4n) is 1.89. The molecule has 0 fully saturated rings. The van der Waals surface area contributed by atoms with Crippen molar-refractivity contribution in [3.63, 3.8) is 0 Å². The Bertz CT molecular complexity index is 628. The number of thiophene rings is 1. The van der Waals surface area contributed by atoms with Gasteiger partial charge in [-0.3, -0.25) is 10.1 Å². The van der Waals surface area contributed by atoms with Gasteiger partial charge in [0.25, 0.3) is 5.06 Å². The van der Waals surface area contributed by atoms with Gasteiger partial charge in [-0.25, -0.2) is 0 Å². The van der Waals surface area contributed by atoms with E-state index in [1.54, 1.807) is 6.92 Å². The Labute approximate surface area is 120 Å². The van der Waals surface area contributed by atoms with Crippen LogP contribution in [0.25, 0.3) is 0 Å². The molecule has 5 nitrogen and oxygen atoms in total. The zero-order chi connectivity index (χ0) is 14.9. The van der Waals surface area contributed by atoms with Crippen molar-refractivity contribution >= 4 is 17.0 Å². The molecule has 1 atom stereocenters. The highest BCUT2D eigenvalue weighted by Gasteiger charge is 2.23. The van der Waals surface area contributed by atoms with Gasteiger partial charge in [0.2, 0.25) is 0 Å². The van der Waals surface area contributed by atoms with Gasteiger partial charge in [0.1, 0.15) is 5.75 Å². The Kier molecular flexibility index (Phi) is 4.06. The van der Waals surface area contributed by atoms with E-state index in [0.717, 1.165) is 22.5 Å². The van der Waals surface area contributed by atoms with E-state index in [0.29, 0.717) is 10.6 Å². The Morgan fingerprint density at radius 2 is 1.85 bits per heavy atom. The Morgan fingerprint density at radius 1 is 1.25 bits per heavy atom. The van der Waals surface area contributed by atoms with Crippen molar-refractivity contribution in [2.75, 3.05) is 0 Å². The average Bonchev–Trinajstić information content (AvgIpc) is 2.71. The van der Waals surface area contributed by atoms with Crippen LogP contribution in [0.3, 0.4) is 0 Å². The number of aliphatic hydroxyl groups excluding tert-OH is 1. The summed E-state index contributed by atoms with van der Waals surface area (Å²) in [5, 5.41) is 20.8. The highest BCUT2D eigenvalue weighted by atomic mass is 32.1. The van der Waals surface area contributed by atoms with Gasteiger partial charge >= 0.3 is 5.69 Å². The first-order chi connectivity index (χ1) is 9.36. The molecule has 20 heavy (non-hydrogen) atoms. The summed E-state index contributed by atoms with van der Waals surface area (Å²) < 4.78 is 5.63. The molecule has 1 N–H and O–H groups in total. The molecular formula is C14H15NO4S. The maximum atomic E-state index is 11.0. The number of nitro groups is 1. The van der Waals surface area contributed by atoms with Crippen LogP contribution >= 0.6 is 11.3 Å². The van der Waals surface area contributed by atoms with Crippen LogP contribution in [-0.4, -0.2) is 10.0 Å². The van der Waals surface area contributed by atoms with Crippen LogP contribution in [-0.2, 0) is 0 Å². The summed E-state index contributed by atoms with van der Waals surface area (Å²) in [6.45, 7) is 5.43. The lowest BCUT2D eigenvalue weighted by Crippen LogP contribution is -1.90. The maximum absolute atomic E-state index is 11.0. The highest BCUT2D eigenvalue weighted by molar-refractivity contribution is 7.14. The third-order valence-corrected chi connectivity index (χ3v) is 3.89. The van der Waals surface area contributed by atoms with Gasteiger partial charge in [-0.1, -0.05) is 17.4 Å². The third kappa shape index (κ3) is 3.15. The van der Waals surface area contributed by atoms with Gasteiger partial charge < -0.3 is 9.84 Å². The lowest BCUT2D eigenvalue weighted by atomic mass is 10.1. The third-order valence-electron chi connectivity index (χ3n) is 2.71. The number of hydrogen-bond donors (Lipinski definition) is 1.